The van der Waals surface area contributed by atoms with Crippen LogP contribution in [-0.2, 0) is 0 Å². The third-order valence-electron chi connectivity index (χ3n) is 1.84. The molecule has 0 aliphatic heterocycles. The van der Waals surface area contributed by atoms with Crippen LogP contribution in [-0.4, -0.2) is 4.98 Å². The maximum Gasteiger partial charge on any atom is 0.0825 e. The molecule has 0 atom stereocenters. The molecule has 0 fully saturated rings. The van der Waals surface area contributed by atoms with E-state index in [-0.39, 0.29) is 0 Å². The molecule has 2 nitrogen and oxygen atoms in total. The monoisotopic (exact) mass is 190 g/mol. The van der Waals surface area contributed by atoms with Crippen LogP contribution < -0.4 is 5.73 Å². The van der Waals surface area contributed by atoms with Crippen LogP contribution in [0.4, 0.5) is 5.69 Å². The maximum atomic E-state index is 5.79. The van der Waals surface area contributed by atoms with Crippen LogP contribution in [0.25, 0.3) is 10.6 Å². The molecule has 0 saturated heterocycles. The molecular formula is C10H10N2S. The number of thiophene rings is 1. The van der Waals surface area contributed by atoms with Gasteiger partial charge in [-0.15, -0.1) is 11.3 Å². The molecule has 0 radical (unpaired) electrons. The highest BCUT2D eigenvalue weighted by Crippen LogP contribution is 2.29. The highest BCUT2D eigenvalue weighted by molar-refractivity contribution is 7.14. The fourth-order valence-electron chi connectivity index (χ4n) is 1.19. The molecule has 0 aromatic carbocycles. The lowest BCUT2D eigenvalue weighted by Crippen LogP contribution is -1.86. The van der Waals surface area contributed by atoms with Gasteiger partial charge < -0.3 is 5.73 Å². The lowest BCUT2D eigenvalue weighted by atomic mass is 10.2. The van der Waals surface area contributed by atoms with Gasteiger partial charge in [0, 0.05) is 6.20 Å². The minimum atomic E-state index is 0.808. The molecule has 0 amide bonds. The highest BCUT2D eigenvalue weighted by Gasteiger charge is 2.04. The van der Waals surface area contributed by atoms with Gasteiger partial charge in [0.1, 0.15) is 0 Å². The van der Waals surface area contributed by atoms with E-state index in [4.69, 9.17) is 5.73 Å². The molecule has 2 N–H and O–H groups in total. The molecule has 2 heterocycles. The molecule has 0 saturated carbocycles. The van der Waals surface area contributed by atoms with Crippen molar-refractivity contribution in [3.05, 3.63) is 35.3 Å². The van der Waals surface area contributed by atoms with Crippen molar-refractivity contribution >= 4 is 17.0 Å². The predicted octanol–water partition coefficient (Wildman–Crippen LogP) is 2.70. The standard InChI is InChI=1S/C10H10N2S/c1-7-2-4-12-9(6-7)10-8(11)3-5-13-10/h2-6H,11H2,1H3. The van der Waals surface area contributed by atoms with E-state index >= 15 is 0 Å². The third-order valence-corrected chi connectivity index (χ3v) is 2.80. The minimum absolute atomic E-state index is 0.808. The normalized spacial score (nSPS) is 10.2. The molecule has 66 valence electrons. The molecule has 0 unspecified atom stereocenters. The molecule has 2 aromatic heterocycles. The number of hydrogen-bond donors (Lipinski definition) is 1. The number of anilines is 1. The van der Waals surface area contributed by atoms with Crippen LogP contribution >= 0.6 is 11.3 Å². The summed E-state index contributed by atoms with van der Waals surface area (Å²) < 4.78 is 0. The van der Waals surface area contributed by atoms with E-state index in [0.29, 0.717) is 0 Å². The predicted molar refractivity (Wildman–Crippen MR) is 56.7 cm³/mol. The van der Waals surface area contributed by atoms with Gasteiger partial charge in [-0.3, -0.25) is 4.98 Å². The summed E-state index contributed by atoms with van der Waals surface area (Å²) in [6, 6.07) is 5.93. The number of nitrogens with zero attached hydrogens (tertiary/aromatic N) is 1. The van der Waals surface area contributed by atoms with Crippen molar-refractivity contribution in [3.8, 4) is 10.6 Å². The first kappa shape index (κ1) is 8.26. The van der Waals surface area contributed by atoms with Gasteiger partial charge in [0.2, 0.25) is 0 Å². The minimum Gasteiger partial charge on any atom is -0.397 e. The van der Waals surface area contributed by atoms with Crippen molar-refractivity contribution in [1.29, 1.82) is 0 Å². The van der Waals surface area contributed by atoms with Crippen LogP contribution in [0.5, 0.6) is 0 Å². The van der Waals surface area contributed by atoms with E-state index < -0.39 is 0 Å². The molecular weight excluding hydrogens is 180 g/mol. The Labute approximate surface area is 81.1 Å². The molecule has 13 heavy (non-hydrogen) atoms. The molecule has 3 heteroatoms. The van der Waals surface area contributed by atoms with Crippen molar-refractivity contribution in [2.75, 3.05) is 5.73 Å². The second kappa shape index (κ2) is 3.18. The fourth-order valence-corrected chi connectivity index (χ4v) is 1.97. The quantitative estimate of drug-likeness (QED) is 0.751. The van der Waals surface area contributed by atoms with Crippen molar-refractivity contribution in [3.63, 3.8) is 0 Å². The summed E-state index contributed by atoms with van der Waals surface area (Å²) in [6.45, 7) is 2.05. The topological polar surface area (TPSA) is 38.9 Å². The summed E-state index contributed by atoms with van der Waals surface area (Å²) in [7, 11) is 0. The lowest BCUT2D eigenvalue weighted by molar-refractivity contribution is 1.30. The number of aromatic nitrogens is 1. The van der Waals surface area contributed by atoms with Crippen LogP contribution in [0.3, 0.4) is 0 Å². The van der Waals surface area contributed by atoms with Crippen LogP contribution in [0.15, 0.2) is 29.8 Å². The van der Waals surface area contributed by atoms with Gasteiger partial charge in [-0.2, -0.15) is 0 Å². The maximum absolute atomic E-state index is 5.79. The number of nitrogen functional groups attached to an aromatic ring is 1. The van der Waals surface area contributed by atoms with Gasteiger partial charge in [-0.1, -0.05) is 0 Å². The van der Waals surface area contributed by atoms with Crippen molar-refractivity contribution in [2.45, 2.75) is 6.92 Å². The zero-order chi connectivity index (χ0) is 9.26. The molecule has 0 spiro atoms. The van der Waals surface area contributed by atoms with E-state index in [2.05, 4.69) is 11.9 Å². The molecule has 0 bridgehead atoms. The van der Waals surface area contributed by atoms with E-state index in [9.17, 15) is 0 Å². The number of nitrogens with two attached hydrogens (primary N) is 1. The van der Waals surface area contributed by atoms with Gasteiger partial charge in [-0.05, 0) is 36.1 Å². The highest BCUT2D eigenvalue weighted by atomic mass is 32.1. The van der Waals surface area contributed by atoms with Gasteiger partial charge in [0.15, 0.2) is 0 Å². The molecule has 2 rings (SSSR count). The fraction of sp³-hybridized carbons (Fsp3) is 0.100. The van der Waals surface area contributed by atoms with Gasteiger partial charge in [0.25, 0.3) is 0 Å². The largest absolute Gasteiger partial charge is 0.397 e. The lowest BCUT2D eigenvalue weighted by Gasteiger charge is -1.99. The van der Waals surface area contributed by atoms with Gasteiger partial charge >= 0.3 is 0 Å². The second-order valence-corrected chi connectivity index (χ2v) is 3.84. The zero-order valence-electron chi connectivity index (χ0n) is 7.32. The van der Waals surface area contributed by atoms with Crippen LogP contribution in [0.1, 0.15) is 5.56 Å². The summed E-state index contributed by atoms with van der Waals surface area (Å²) in [5.74, 6) is 0. The smallest absolute Gasteiger partial charge is 0.0825 e. The van der Waals surface area contributed by atoms with E-state index in [1.807, 2.05) is 29.8 Å². The number of rotatable bonds is 1. The molecule has 0 aliphatic carbocycles. The number of pyridine rings is 1. The Bertz CT molecular complexity index is 420. The average molecular weight is 190 g/mol. The zero-order valence-corrected chi connectivity index (χ0v) is 8.14. The first-order valence-electron chi connectivity index (χ1n) is 4.03. The number of hydrogen-bond acceptors (Lipinski definition) is 3. The summed E-state index contributed by atoms with van der Waals surface area (Å²) in [6.07, 6.45) is 1.81. The molecule has 0 aliphatic rings. The first-order valence-corrected chi connectivity index (χ1v) is 4.91. The first-order chi connectivity index (χ1) is 6.27. The Morgan fingerprint density at radius 2 is 2.23 bits per heavy atom. The SMILES string of the molecule is Cc1ccnc(-c2sccc2N)c1. The van der Waals surface area contributed by atoms with Crippen molar-refractivity contribution < 1.29 is 0 Å². The van der Waals surface area contributed by atoms with Crippen LogP contribution in [0, 0.1) is 6.92 Å². The van der Waals surface area contributed by atoms with E-state index in [0.717, 1.165) is 16.3 Å². The summed E-state index contributed by atoms with van der Waals surface area (Å²) in [5.41, 5.74) is 8.77. The Kier molecular flexibility index (Phi) is 2.02. The van der Waals surface area contributed by atoms with E-state index in [1.165, 1.54) is 5.56 Å². The Hall–Kier alpha value is -1.35. The summed E-state index contributed by atoms with van der Waals surface area (Å²) >= 11 is 1.62. The van der Waals surface area contributed by atoms with Crippen molar-refractivity contribution in [1.82, 2.24) is 4.98 Å². The Balaban J connectivity index is 2.53. The van der Waals surface area contributed by atoms with Gasteiger partial charge in [0.05, 0.1) is 16.3 Å². The van der Waals surface area contributed by atoms with Crippen molar-refractivity contribution in [2.24, 2.45) is 0 Å². The Morgan fingerprint density at radius 3 is 2.85 bits per heavy atom. The summed E-state index contributed by atoms with van der Waals surface area (Å²) in [4.78, 5) is 5.33. The third kappa shape index (κ3) is 1.55. The molecule has 2 aromatic rings. The summed E-state index contributed by atoms with van der Waals surface area (Å²) in [5, 5.41) is 1.98. The Morgan fingerprint density at radius 1 is 1.38 bits per heavy atom. The average Bonchev–Trinajstić information content (AvgIpc) is 2.51. The van der Waals surface area contributed by atoms with E-state index in [1.54, 1.807) is 11.3 Å². The number of aryl methyl sites for hydroxylation is 1. The second-order valence-electron chi connectivity index (χ2n) is 2.92. The van der Waals surface area contributed by atoms with Crippen LogP contribution in [0.2, 0.25) is 0 Å². The van der Waals surface area contributed by atoms with Gasteiger partial charge in [-0.25, -0.2) is 0 Å².